The number of fused-ring (bicyclic) bond motifs is 3. The van der Waals surface area contributed by atoms with E-state index in [0.29, 0.717) is 48.0 Å². The van der Waals surface area contributed by atoms with Gasteiger partial charge in [0, 0.05) is 32.0 Å². The molecule has 0 bridgehead atoms. The molecule has 3 aromatic heterocycles. The molecule has 9 heteroatoms. The molecule has 0 aliphatic rings. The van der Waals surface area contributed by atoms with Crippen molar-refractivity contribution in [2.45, 2.75) is 32.9 Å². The van der Waals surface area contributed by atoms with E-state index < -0.39 is 0 Å². The Balaban J connectivity index is 1.52. The second-order valence-electron chi connectivity index (χ2n) is 8.85. The number of benzene rings is 2. The van der Waals surface area contributed by atoms with Crippen molar-refractivity contribution in [1.29, 1.82) is 0 Å². The third kappa shape index (κ3) is 3.96. The molecular formula is C27H29N5O4. The summed E-state index contributed by atoms with van der Waals surface area (Å²) in [5, 5.41) is 0. The van der Waals surface area contributed by atoms with Gasteiger partial charge < -0.3 is 14.0 Å². The fraction of sp³-hybridized carbons (Fsp3) is 0.296. The summed E-state index contributed by atoms with van der Waals surface area (Å²) < 4.78 is 17.4. The van der Waals surface area contributed by atoms with Gasteiger partial charge in [0.2, 0.25) is 5.78 Å². The van der Waals surface area contributed by atoms with E-state index in [2.05, 4.69) is 4.57 Å². The molecule has 9 nitrogen and oxygen atoms in total. The largest absolute Gasteiger partial charge is 0.493 e. The first-order valence-corrected chi connectivity index (χ1v) is 11.9. The second-order valence-corrected chi connectivity index (χ2v) is 8.85. The first-order chi connectivity index (χ1) is 17.4. The van der Waals surface area contributed by atoms with E-state index >= 15 is 0 Å². The highest BCUT2D eigenvalue weighted by molar-refractivity contribution is 5.75. The minimum absolute atomic E-state index is 0.303. The second kappa shape index (κ2) is 9.41. The van der Waals surface area contributed by atoms with Gasteiger partial charge >= 0.3 is 5.69 Å². The van der Waals surface area contributed by atoms with Crippen LogP contribution in [0.15, 0.2) is 64.3 Å². The summed E-state index contributed by atoms with van der Waals surface area (Å²) >= 11 is 0. The molecule has 0 aliphatic heterocycles. The van der Waals surface area contributed by atoms with Crippen molar-refractivity contribution in [3.8, 4) is 11.5 Å². The third-order valence-electron chi connectivity index (χ3n) is 6.68. The van der Waals surface area contributed by atoms with Crippen molar-refractivity contribution in [1.82, 2.24) is 23.1 Å². The minimum atomic E-state index is -0.363. The van der Waals surface area contributed by atoms with E-state index in [1.54, 1.807) is 25.7 Å². The SMILES string of the molecule is COc1ccc(CCn2c(C)cn3c4c(=O)n(CCc5ccccc5)c(=O)n(C)c4nc23)cc1OC. The number of hydrogen-bond acceptors (Lipinski definition) is 5. The Hall–Kier alpha value is -4.27. The number of aromatic nitrogens is 5. The molecule has 3 heterocycles. The van der Waals surface area contributed by atoms with Gasteiger partial charge in [-0.3, -0.25) is 18.3 Å². The molecule has 5 aromatic rings. The van der Waals surface area contributed by atoms with Crippen molar-refractivity contribution in [2.24, 2.45) is 7.05 Å². The fourth-order valence-electron chi connectivity index (χ4n) is 4.69. The lowest BCUT2D eigenvalue weighted by atomic mass is 10.1. The van der Waals surface area contributed by atoms with Crippen LogP contribution in [0, 0.1) is 6.92 Å². The maximum Gasteiger partial charge on any atom is 0.332 e. The van der Waals surface area contributed by atoms with Crippen molar-refractivity contribution >= 4 is 16.9 Å². The van der Waals surface area contributed by atoms with Gasteiger partial charge in [0.25, 0.3) is 5.56 Å². The summed E-state index contributed by atoms with van der Waals surface area (Å²) in [6.07, 6.45) is 3.23. The van der Waals surface area contributed by atoms with E-state index in [0.717, 1.165) is 23.2 Å². The van der Waals surface area contributed by atoms with Gasteiger partial charge in [0.1, 0.15) is 0 Å². The molecule has 0 N–H and O–H groups in total. The summed E-state index contributed by atoms with van der Waals surface area (Å²) in [5.41, 5.74) is 3.24. The number of methoxy groups -OCH3 is 2. The van der Waals surface area contributed by atoms with Gasteiger partial charge in [-0.2, -0.15) is 4.98 Å². The van der Waals surface area contributed by atoms with Crippen LogP contribution in [0.1, 0.15) is 16.8 Å². The molecule has 0 amide bonds. The van der Waals surface area contributed by atoms with E-state index in [9.17, 15) is 9.59 Å². The Morgan fingerprint density at radius 2 is 1.56 bits per heavy atom. The number of aryl methyl sites for hydroxylation is 5. The average Bonchev–Trinajstić information content (AvgIpc) is 3.41. The number of ether oxygens (including phenoxy) is 2. The van der Waals surface area contributed by atoms with E-state index in [1.165, 1.54) is 9.13 Å². The highest BCUT2D eigenvalue weighted by Gasteiger charge is 2.20. The van der Waals surface area contributed by atoms with Crippen LogP contribution in [0.4, 0.5) is 0 Å². The summed E-state index contributed by atoms with van der Waals surface area (Å²) in [4.78, 5) is 31.2. The highest BCUT2D eigenvalue weighted by Crippen LogP contribution is 2.28. The van der Waals surface area contributed by atoms with Gasteiger partial charge in [-0.1, -0.05) is 36.4 Å². The molecule has 0 atom stereocenters. The summed E-state index contributed by atoms with van der Waals surface area (Å²) in [6.45, 7) is 2.94. The number of nitrogens with zero attached hydrogens (tertiary/aromatic N) is 5. The zero-order chi connectivity index (χ0) is 25.4. The standard InChI is InChI=1S/C27H29N5O4/c1-18-17-32-23-24(29(2)27(34)31(25(23)33)15-12-19-8-6-5-7-9-19)28-26(32)30(18)14-13-20-10-11-21(35-3)22(16-20)36-4/h5-11,16-17H,12-15H2,1-4H3. The van der Waals surface area contributed by atoms with E-state index in [4.69, 9.17) is 14.5 Å². The van der Waals surface area contributed by atoms with Crippen molar-refractivity contribution in [2.75, 3.05) is 14.2 Å². The van der Waals surface area contributed by atoms with Gasteiger partial charge in [-0.15, -0.1) is 0 Å². The Morgan fingerprint density at radius 3 is 2.28 bits per heavy atom. The molecule has 186 valence electrons. The summed E-state index contributed by atoms with van der Waals surface area (Å²) in [7, 11) is 4.90. The smallest absolute Gasteiger partial charge is 0.332 e. The lowest BCUT2D eigenvalue weighted by Gasteiger charge is -2.10. The van der Waals surface area contributed by atoms with Gasteiger partial charge in [-0.05, 0) is 43.0 Å². The first kappa shape index (κ1) is 23.5. The maximum atomic E-state index is 13.5. The normalized spacial score (nSPS) is 11.4. The number of imidazole rings is 2. The summed E-state index contributed by atoms with van der Waals surface area (Å²) in [5.74, 6) is 2.00. The van der Waals surface area contributed by atoms with E-state index in [1.807, 2.05) is 61.7 Å². The Morgan fingerprint density at radius 1 is 0.861 bits per heavy atom. The van der Waals surface area contributed by atoms with Crippen LogP contribution in [0.3, 0.4) is 0 Å². The molecule has 0 unspecified atom stereocenters. The van der Waals surface area contributed by atoms with Crippen LogP contribution in [0.5, 0.6) is 11.5 Å². The maximum absolute atomic E-state index is 13.5. The van der Waals surface area contributed by atoms with Crippen molar-refractivity contribution < 1.29 is 9.47 Å². The zero-order valence-corrected chi connectivity index (χ0v) is 20.9. The molecule has 0 saturated carbocycles. The van der Waals surface area contributed by atoms with Crippen LogP contribution < -0.4 is 20.7 Å². The molecular weight excluding hydrogens is 458 g/mol. The molecule has 0 spiro atoms. The first-order valence-electron chi connectivity index (χ1n) is 11.9. The van der Waals surface area contributed by atoms with E-state index in [-0.39, 0.29) is 11.2 Å². The van der Waals surface area contributed by atoms with Crippen LogP contribution in [-0.2, 0) is 33.0 Å². The molecule has 2 aromatic carbocycles. The molecule has 0 radical (unpaired) electrons. The Bertz CT molecular complexity index is 1670. The molecule has 0 aliphatic carbocycles. The molecule has 5 rings (SSSR count). The van der Waals surface area contributed by atoms with Gasteiger partial charge in [0.05, 0.1) is 14.2 Å². The topological polar surface area (TPSA) is 84.7 Å². The highest BCUT2D eigenvalue weighted by atomic mass is 16.5. The third-order valence-corrected chi connectivity index (χ3v) is 6.68. The Kier molecular flexibility index (Phi) is 6.13. The fourth-order valence-corrected chi connectivity index (χ4v) is 4.69. The van der Waals surface area contributed by atoms with Gasteiger partial charge in [0.15, 0.2) is 22.7 Å². The van der Waals surface area contributed by atoms with Crippen LogP contribution in [-0.4, -0.2) is 37.3 Å². The zero-order valence-electron chi connectivity index (χ0n) is 20.9. The predicted molar refractivity (Wildman–Crippen MR) is 138 cm³/mol. The molecule has 0 saturated heterocycles. The average molecular weight is 488 g/mol. The lowest BCUT2D eigenvalue weighted by Crippen LogP contribution is -2.39. The number of hydrogen-bond donors (Lipinski definition) is 0. The predicted octanol–water partition coefficient (Wildman–Crippen LogP) is 2.96. The number of rotatable bonds is 8. The monoisotopic (exact) mass is 487 g/mol. The Labute approximate surface area is 207 Å². The molecule has 36 heavy (non-hydrogen) atoms. The van der Waals surface area contributed by atoms with Crippen LogP contribution in [0.25, 0.3) is 16.9 Å². The van der Waals surface area contributed by atoms with Crippen LogP contribution >= 0.6 is 0 Å². The van der Waals surface area contributed by atoms with Gasteiger partial charge in [-0.25, -0.2) is 4.79 Å². The van der Waals surface area contributed by atoms with Crippen molar-refractivity contribution in [3.63, 3.8) is 0 Å². The minimum Gasteiger partial charge on any atom is -0.493 e. The van der Waals surface area contributed by atoms with Crippen LogP contribution in [0.2, 0.25) is 0 Å². The molecule has 0 fully saturated rings. The lowest BCUT2D eigenvalue weighted by molar-refractivity contribution is 0.354. The quantitative estimate of drug-likeness (QED) is 0.336. The summed E-state index contributed by atoms with van der Waals surface area (Å²) in [6, 6.07) is 15.7. The van der Waals surface area contributed by atoms with Crippen molar-refractivity contribution in [3.05, 3.63) is 92.4 Å².